The second kappa shape index (κ2) is 7.46. The molecule has 18 heavy (non-hydrogen) atoms. The van der Waals surface area contributed by atoms with Gasteiger partial charge in [-0.2, -0.15) is 0 Å². The van der Waals surface area contributed by atoms with E-state index in [9.17, 15) is 0 Å². The maximum absolute atomic E-state index is 5.63. The Labute approximate surface area is 113 Å². The Hall–Kier alpha value is -0.120. The van der Waals surface area contributed by atoms with Crippen molar-refractivity contribution in [3.8, 4) is 0 Å². The lowest BCUT2D eigenvalue weighted by Crippen LogP contribution is -2.47. The maximum Gasteiger partial charge on any atom is 0.0120 e. The molecule has 0 saturated carbocycles. The van der Waals surface area contributed by atoms with Gasteiger partial charge in [0.05, 0.1) is 0 Å². The smallest absolute Gasteiger partial charge is 0.0120 e. The monoisotopic (exact) mass is 253 g/mol. The van der Waals surface area contributed by atoms with Gasteiger partial charge in [-0.05, 0) is 70.7 Å². The highest BCUT2D eigenvalue weighted by Gasteiger charge is 2.25. The van der Waals surface area contributed by atoms with Gasteiger partial charge in [0.25, 0.3) is 0 Å². The molecule has 0 amide bonds. The van der Waals surface area contributed by atoms with Crippen LogP contribution in [0.3, 0.4) is 0 Å². The minimum Gasteiger partial charge on any atom is -0.330 e. The fraction of sp³-hybridized carbons (Fsp3) is 1.00. The van der Waals surface area contributed by atoms with Crippen LogP contribution in [-0.4, -0.2) is 55.1 Å². The Morgan fingerprint density at radius 3 is 2.33 bits per heavy atom. The number of nitrogens with two attached hydrogens (primary N) is 1. The predicted octanol–water partition coefficient (Wildman–Crippen LogP) is 1.92. The molecule has 3 nitrogen and oxygen atoms in total. The number of piperidine rings is 2. The Bertz CT molecular complexity index is 218. The van der Waals surface area contributed by atoms with Crippen LogP contribution in [-0.2, 0) is 0 Å². The topological polar surface area (TPSA) is 32.5 Å². The van der Waals surface area contributed by atoms with Crippen LogP contribution in [0.2, 0.25) is 0 Å². The first-order valence-corrected chi connectivity index (χ1v) is 7.96. The van der Waals surface area contributed by atoms with Gasteiger partial charge in [-0.25, -0.2) is 0 Å². The van der Waals surface area contributed by atoms with Crippen LogP contribution < -0.4 is 5.73 Å². The number of rotatable bonds is 5. The summed E-state index contributed by atoms with van der Waals surface area (Å²) >= 11 is 0. The third kappa shape index (κ3) is 4.22. The van der Waals surface area contributed by atoms with E-state index in [1.807, 2.05) is 0 Å². The summed E-state index contributed by atoms with van der Waals surface area (Å²) < 4.78 is 0. The summed E-state index contributed by atoms with van der Waals surface area (Å²) in [5.41, 5.74) is 5.63. The normalized spacial score (nSPS) is 26.3. The summed E-state index contributed by atoms with van der Waals surface area (Å²) in [7, 11) is 0. The summed E-state index contributed by atoms with van der Waals surface area (Å²) in [6.07, 6.45) is 8.24. The Morgan fingerprint density at radius 1 is 1.06 bits per heavy atom. The van der Waals surface area contributed by atoms with Gasteiger partial charge in [0.2, 0.25) is 0 Å². The van der Waals surface area contributed by atoms with Gasteiger partial charge in [0.15, 0.2) is 0 Å². The van der Waals surface area contributed by atoms with E-state index in [1.54, 1.807) is 0 Å². The zero-order valence-electron chi connectivity index (χ0n) is 12.1. The van der Waals surface area contributed by atoms with Crippen molar-refractivity contribution in [3.05, 3.63) is 0 Å². The van der Waals surface area contributed by atoms with E-state index in [2.05, 4.69) is 16.7 Å². The van der Waals surface area contributed by atoms with Gasteiger partial charge in [-0.1, -0.05) is 13.3 Å². The molecule has 0 aromatic carbocycles. The molecule has 0 aliphatic carbocycles. The van der Waals surface area contributed by atoms with Crippen LogP contribution in [0, 0.1) is 5.92 Å². The molecule has 2 aliphatic heterocycles. The Morgan fingerprint density at radius 2 is 1.72 bits per heavy atom. The highest BCUT2D eigenvalue weighted by molar-refractivity contribution is 4.82. The lowest BCUT2D eigenvalue weighted by Gasteiger charge is -2.40. The van der Waals surface area contributed by atoms with E-state index in [4.69, 9.17) is 5.73 Å². The lowest BCUT2D eigenvalue weighted by molar-refractivity contribution is 0.0860. The number of hydrogen-bond acceptors (Lipinski definition) is 3. The van der Waals surface area contributed by atoms with Crippen molar-refractivity contribution in [3.63, 3.8) is 0 Å². The molecule has 1 unspecified atom stereocenters. The van der Waals surface area contributed by atoms with Gasteiger partial charge < -0.3 is 15.5 Å². The molecule has 2 fully saturated rings. The van der Waals surface area contributed by atoms with Crippen LogP contribution in [0.5, 0.6) is 0 Å². The van der Waals surface area contributed by atoms with Crippen molar-refractivity contribution in [2.75, 3.05) is 39.3 Å². The van der Waals surface area contributed by atoms with E-state index < -0.39 is 0 Å². The van der Waals surface area contributed by atoms with Gasteiger partial charge in [0, 0.05) is 12.6 Å². The van der Waals surface area contributed by atoms with E-state index in [-0.39, 0.29) is 0 Å². The SMILES string of the molecule is CC(CCN)CN1CCC(N2CCCCC2)CC1. The van der Waals surface area contributed by atoms with Crippen molar-refractivity contribution >= 4 is 0 Å². The van der Waals surface area contributed by atoms with Crippen molar-refractivity contribution in [2.24, 2.45) is 11.7 Å². The van der Waals surface area contributed by atoms with Crippen LogP contribution in [0.4, 0.5) is 0 Å². The summed E-state index contributed by atoms with van der Waals surface area (Å²) in [5, 5.41) is 0. The quantitative estimate of drug-likeness (QED) is 0.812. The summed E-state index contributed by atoms with van der Waals surface area (Å²) in [5.74, 6) is 0.765. The molecule has 0 aromatic heterocycles. The van der Waals surface area contributed by atoms with Crippen molar-refractivity contribution in [2.45, 2.75) is 51.5 Å². The molecule has 0 spiro atoms. The molecule has 3 heteroatoms. The third-order valence-corrected chi connectivity index (χ3v) is 4.69. The minimum absolute atomic E-state index is 0.765. The number of hydrogen-bond donors (Lipinski definition) is 1. The molecule has 0 bridgehead atoms. The van der Waals surface area contributed by atoms with E-state index in [0.717, 1.165) is 18.5 Å². The summed E-state index contributed by atoms with van der Waals surface area (Å²) in [4.78, 5) is 5.41. The van der Waals surface area contributed by atoms with Gasteiger partial charge in [-0.15, -0.1) is 0 Å². The molecule has 2 N–H and O–H groups in total. The Kier molecular flexibility index (Phi) is 5.93. The van der Waals surface area contributed by atoms with Crippen LogP contribution in [0.1, 0.15) is 45.4 Å². The molecular weight excluding hydrogens is 222 g/mol. The highest BCUT2D eigenvalue weighted by Crippen LogP contribution is 2.21. The largest absolute Gasteiger partial charge is 0.330 e. The average Bonchev–Trinajstić information content (AvgIpc) is 2.41. The summed E-state index contributed by atoms with van der Waals surface area (Å²) in [6, 6.07) is 0.881. The van der Waals surface area contributed by atoms with Gasteiger partial charge >= 0.3 is 0 Å². The fourth-order valence-corrected chi connectivity index (χ4v) is 3.57. The van der Waals surface area contributed by atoms with Crippen molar-refractivity contribution < 1.29 is 0 Å². The maximum atomic E-state index is 5.63. The number of nitrogens with zero attached hydrogens (tertiary/aromatic N) is 2. The zero-order valence-corrected chi connectivity index (χ0v) is 12.1. The van der Waals surface area contributed by atoms with E-state index in [1.165, 1.54) is 71.2 Å². The standard InChI is InChI=1S/C15H31N3/c1-14(5-8-16)13-17-11-6-15(7-12-17)18-9-3-2-4-10-18/h14-15H,2-13,16H2,1H3. The molecular formula is C15H31N3. The second-order valence-electron chi connectivity index (χ2n) is 6.31. The van der Waals surface area contributed by atoms with Crippen LogP contribution >= 0.6 is 0 Å². The molecule has 2 rings (SSSR count). The number of likely N-dealkylation sites (tertiary alicyclic amines) is 2. The van der Waals surface area contributed by atoms with Gasteiger partial charge in [0.1, 0.15) is 0 Å². The summed E-state index contributed by atoms with van der Waals surface area (Å²) in [6.45, 7) is 9.74. The first-order valence-electron chi connectivity index (χ1n) is 7.96. The molecule has 106 valence electrons. The first kappa shape index (κ1) is 14.3. The van der Waals surface area contributed by atoms with E-state index >= 15 is 0 Å². The highest BCUT2D eigenvalue weighted by atomic mass is 15.2. The molecule has 2 aliphatic rings. The molecule has 1 atom stereocenters. The predicted molar refractivity (Wildman–Crippen MR) is 77.7 cm³/mol. The molecule has 0 aromatic rings. The Balaban J connectivity index is 1.67. The van der Waals surface area contributed by atoms with Gasteiger partial charge in [-0.3, -0.25) is 0 Å². The lowest BCUT2D eigenvalue weighted by atomic mass is 9.98. The molecule has 2 saturated heterocycles. The molecule has 0 radical (unpaired) electrons. The fourth-order valence-electron chi connectivity index (χ4n) is 3.57. The first-order chi connectivity index (χ1) is 8.79. The second-order valence-corrected chi connectivity index (χ2v) is 6.31. The van der Waals surface area contributed by atoms with E-state index in [0.29, 0.717) is 0 Å². The minimum atomic E-state index is 0.765. The zero-order chi connectivity index (χ0) is 12.8. The van der Waals surface area contributed by atoms with Crippen molar-refractivity contribution in [1.82, 2.24) is 9.80 Å². The van der Waals surface area contributed by atoms with Crippen LogP contribution in [0.25, 0.3) is 0 Å². The van der Waals surface area contributed by atoms with Crippen LogP contribution in [0.15, 0.2) is 0 Å². The molecule has 2 heterocycles. The third-order valence-electron chi connectivity index (χ3n) is 4.69. The van der Waals surface area contributed by atoms with Crippen molar-refractivity contribution in [1.29, 1.82) is 0 Å². The average molecular weight is 253 g/mol.